The second-order valence-corrected chi connectivity index (χ2v) is 5.21. The summed E-state index contributed by atoms with van der Waals surface area (Å²) in [5, 5.41) is 0. The van der Waals surface area contributed by atoms with Gasteiger partial charge in [0.05, 0.1) is 13.2 Å². The number of hydrogen-bond donors (Lipinski definition) is 0. The van der Waals surface area contributed by atoms with E-state index in [2.05, 4.69) is 13.8 Å². The summed E-state index contributed by atoms with van der Waals surface area (Å²) in [4.78, 5) is 11.9. The van der Waals surface area contributed by atoms with Crippen molar-refractivity contribution in [3.63, 3.8) is 0 Å². The van der Waals surface area contributed by atoms with Gasteiger partial charge in [-0.2, -0.15) is 0 Å². The first-order chi connectivity index (χ1) is 10.1. The van der Waals surface area contributed by atoms with E-state index < -0.39 is 0 Å². The zero-order valence-corrected chi connectivity index (χ0v) is 13.3. The number of rotatable bonds is 11. The van der Waals surface area contributed by atoms with E-state index in [9.17, 15) is 4.79 Å². The van der Waals surface area contributed by atoms with Crippen LogP contribution in [-0.4, -0.2) is 45.9 Å². The Bertz CT molecular complexity index is 398. The molecule has 1 aromatic rings. The summed E-state index contributed by atoms with van der Waals surface area (Å²) in [6, 6.07) is 7.72. The lowest BCUT2D eigenvalue weighted by atomic mass is 10.0. The molecule has 0 heterocycles. The van der Waals surface area contributed by atoms with E-state index >= 15 is 0 Å². The minimum Gasteiger partial charge on any atom is -0.385 e. The van der Waals surface area contributed by atoms with Crippen molar-refractivity contribution in [3.05, 3.63) is 35.4 Å². The molecule has 0 atom stereocenters. The Labute approximate surface area is 127 Å². The van der Waals surface area contributed by atoms with Crippen LogP contribution in [0.5, 0.6) is 0 Å². The Hall–Kier alpha value is -1.23. The third-order valence-electron chi connectivity index (χ3n) is 3.14. The second-order valence-electron chi connectivity index (χ2n) is 5.21. The summed E-state index contributed by atoms with van der Waals surface area (Å²) >= 11 is 0. The van der Waals surface area contributed by atoms with Crippen LogP contribution in [0, 0.1) is 0 Å². The lowest BCUT2D eigenvalue weighted by molar-refractivity contribution is 0.0382. The van der Waals surface area contributed by atoms with Gasteiger partial charge in [-0.05, 0) is 17.9 Å². The number of carbonyl (C=O) groups excluding carboxylic acids is 1. The van der Waals surface area contributed by atoms with E-state index in [1.54, 1.807) is 7.11 Å². The zero-order valence-electron chi connectivity index (χ0n) is 13.3. The third-order valence-corrected chi connectivity index (χ3v) is 3.14. The van der Waals surface area contributed by atoms with Crippen molar-refractivity contribution in [2.75, 3.05) is 40.1 Å². The Kier molecular flexibility index (Phi) is 8.90. The van der Waals surface area contributed by atoms with E-state index in [0.29, 0.717) is 37.9 Å². The smallest absolute Gasteiger partial charge is 0.188 e. The van der Waals surface area contributed by atoms with Crippen LogP contribution in [0.4, 0.5) is 0 Å². The van der Waals surface area contributed by atoms with Gasteiger partial charge in [0.15, 0.2) is 5.78 Å². The van der Waals surface area contributed by atoms with Crippen LogP contribution >= 0.6 is 0 Å². The van der Waals surface area contributed by atoms with Crippen molar-refractivity contribution < 1.29 is 19.0 Å². The Morgan fingerprint density at radius 2 is 1.67 bits per heavy atom. The molecule has 0 fully saturated rings. The van der Waals surface area contributed by atoms with Crippen LogP contribution in [-0.2, 0) is 14.2 Å². The van der Waals surface area contributed by atoms with E-state index in [1.807, 2.05) is 24.3 Å². The van der Waals surface area contributed by atoms with Crippen molar-refractivity contribution in [1.29, 1.82) is 0 Å². The number of benzene rings is 1. The van der Waals surface area contributed by atoms with E-state index in [-0.39, 0.29) is 12.4 Å². The number of ether oxygens (including phenoxy) is 3. The van der Waals surface area contributed by atoms with Gasteiger partial charge in [-0.25, -0.2) is 0 Å². The maximum atomic E-state index is 11.9. The summed E-state index contributed by atoms with van der Waals surface area (Å²) in [5.74, 6) is 0.477. The molecular formula is C17H26O4. The minimum atomic E-state index is 0.00434. The summed E-state index contributed by atoms with van der Waals surface area (Å²) < 4.78 is 15.6. The maximum absolute atomic E-state index is 11.9. The van der Waals surface area contributed by atoms with Gasteiger partial charge in [0.1, 0.15) is 6.61 Å². The molecule has 0 aliphatic rings. The molecule has 21 heavy (non-hydrogen) atoms. The first-order valence-electron chi connectivity index (χ1n) is 7.42. The minimum absolute atomic E-state index is 0.00434. The van der Waals surface area contributed by atoms with Crippen molar-refractivity contribution in [2.24, 2.45) is 0 Å². The standard InChI is InChI=1S/C17H26O4/c1-14(2)15-5-7-16(8-6-15)17(18)13-21-12-11-20-10-4-9-19-3/h5-8,14H,4,9-13H2,1-3H3. The molecule has 0 aliphatic carbocycles. The zero-order chi connectivity index (χ0) is 15.5. The van der Waals surface area contributed by atoms with Gasteiger partial charge in [0.25, 0.3) is 0 Å². The fraction of sp³-hybridized carbons (Fsp3) is 0.588. The first kappa shape index (κ1) is 17.8. The van der Waals surface area contributed by atoms with Gasteiger partial charge >= 0.3 is 0 Å². The van der Waals surface area contributed by atoms with Gasteiger partial charge in [0.2, 0.25) is 0 Å². The second kappa shape index (κ2) is 10.5. The SMILES string of the molecule is COCCCOCCOCC(=O)c1ccc(C(C)C)cc1. The Morgan fingerprint density at radius 3 is 2.29 bits per heavy atom. The van der Waals surface area contributed by atoms with Gasteiger partial charge in [-0.1, -0.05) is 38.1 Å². The van der Waals surface area contributed by atoms with Gasteiger partial charge in [-0.15, -0.1) is 0 Å². The van der Waals surface area contributed by atoms with Crippen LogP contribution in [0.15, 0.2) is 24.3 Å². The summed E-state index contributed by atoms with van der Waals surface area (Å²) in [6.45, 7) is 6.65. The third kappa shape index (κ3) is 7.37. The predicted molar refractivity (Wildman–Crippen MR) is 83.0 cm³/mol. The molecular weight excluding hydrogens is 268 g/mol. The fourth-order valence-corrected chi connectivity index (χ4v) is 1.83. The van der Waals surface area contributed by atoms with Gasteiger partial charge < -0.3 is 14.2 Å². The summed E-state index contributed by atoms with van der Waals surface area (Å²) in [6.07, 6.45) is 0.873. The molecule has 4 heteroatoms. The van der Waals surface area contributed by atoms with Gasteiger partial charge in [-0.3, -0.25) is 4.79 Å². The monoisotopic (exact) mass is 294 g/mol. The summed E-state index contributed by atoms with van der Waals surface area (Å²) in [5.41, 5.74) is 1.93. The molecule has 0 spiro atoms. The molecule has 0 aromatic heterocycles. The quantitative estimate of drug-likeness (QED) is 0.465. The number of Topliss-reactive ketones (excluding diaryl/α,β-unsaturated/α-hetero) is 1. The first-order valence-corrected chi connectivity index (χ1v) is 7.42. The average Bonchev–Trinajstić information content (AvgIpc) is 2.49. The predicted octanol–water partition coefficient (Wildman–Crippen LogP) is 3.06. The fourth-order valence-electron chi connectivity index (χ4n) is 1.83. The molecule has 0 radical (unpaired) electrons. The molecule has 0 unspecified atom stereocenters. The Balaban J connectivity index is 2.16. The molecule has 4 nitrogen and oxygen atoms in total. The van der Waals surface area contributed by atoms with E-state index in [1.165, 1.54) is 5.56 Å². The van der Waals surface area contributed by atoms with Crippen molar-refractivity contribution >= 4 is 5.78 Å². The topological polar surface area (TPSA) is 44.8 Å². The van der Waals surface area contributed by atoms with Crippen molar-refractivity contribution in [3.8, 4) is 0 Å². The lowest BCUT2D eigenvalue weighted by Gasteiger charge is -2.07. The molecule has 0 amide bonds. The molecule has 0 bridgehead atoms. The van der Waals surface area contributed by atoms with Crippen LogP contribution in [0.2, 0.25) is 0 Å². The maximum Gasteiger partial charge on any atom is 0.188 e. The largest absolute Gasteiger partial charge is 0.385 e. The summed E-state index contributed by atoms with van der Waals surface area (Å²) in [7, 11) is 1.67. The Morgan fingerprint density at radius 1 is 1.00 bits per heavy atom. The molecule has 0 saturated carbocycles. The lowest BCUT2D eigenvalue weighted by Crippen LogP contribution is -2.13. The molecule has 1 aromatic carbocycles. The van der Waals surface area contributed by atoms with E-state index in [0.717, 1.165) is 6.42 Å². The number of hydrogen-bond acceptors (Lipinski definition) is 4. The molecule has 118 valence electrons. The van der Waals surface area contributed by atoms with Gasteiger partial charge in [0, 0.05) is 25.9 Å². The van der Waals surface area contributed by atoms with Crippen molar-refractivity contribution in [2.45, 2.75) is 26.2 Å². The molecule has 1 rings (SSSR count). The highest BCUT2D eigenvalue weighted by atomic mass is 16.5. The molecule has 0 saturated heterocycles. The van der Waals surface area contributed by atoms with Crippen LogP contribution in [0.3, 0.4) is 0 Å². The molecule has 0 aliphatic heterocycles. The van der Waals surface area contributed by atoms with Crippen LogP contribution in [0.25, 0.3) is 0 Å². The highest BCUT2D eigenvalue weighted by Gasteiger charge is 2.06. The molecule has 0 N–H and O–H groups in total. The number of ketones is 1. The van der Waals surface area contributed by atoms with Crippen molar-refractivity contribution in [1.82, 2.24) is 0 Å². The van der Waals surface area contributed by atoms with Crippen LogP contribution in [0.1, 0.15) is 42.1 Å². The number of carbonyl (C=O) groups is 1. The highest BCUT2D eigenvalue weighted by Crippen LogP contribution is 2.14. The normalized spacial score (nSPS) is 11.0. The van der Waals surface area contributed by atoms with Crippen LogP contribution < -0.4 is 0 Å². The van der Waals surface area contributed by atoms with E-state index in [4.69, 9.17) is 14.2 Å². The average molecular weight is 294 g/mol. The highest BCUT2D eigenvalue weighted by molar-refractivity contribution is 5.97. The number of methoxy groups -OCH3 is 1.